The second-order valence-electron chi connectivity index (χ2n) is 3.03. The van der Waals surface area contributed by atoms with Crippen molar-refractivity contribution in [1.82, 2.24) is 0 Å². The minimum absolute atomic E-state index is 0.630. The third kappa shape index (κ3) is 2.50. The Kier molecular flexibility index (Phi) is 3.14. The van der Waals surface area contributed by atoms with E-state index in [0.29, 0.717) is 0 Å². The summed E-state index contributed by atoms with van der Waals surface area (Å²) >= 11 is 7.80. The zero-order chi connectivity index (χ0) is 11.8. The van der Waals surface area contributed by atoms with E-state index in [-0.39, 0.29) is 0 Å². The van der Waals surface area contributed by atoms with Gasteiger partial charge in [-0.2, -0.15) is 13.2 Å². The predicted molar refractivity (Wildman–Crippen MR) is 63.5 cm³/mol. The third-order valence-electron chi connectivity index (χ3n) is 1.95. The van der Waals surface area contributed by atoms with Gasteiger partial charge in [0.15, 0.2) is 0 Å². The summed E-state index contributed by atoms with van der Waals surface area (Å²) in [4.78, 5) is 0.906. The Balaban J connectivity index is 2.36. The molecule has 16 heavy (non-hydrogen) atoms. The molecule has 0 aliphatic carbocycles. The van der Waals surface area contributed by atoms with Gasteiger partial charge in [-0.15, -0.1) is 22.7 Å². The lowest BCUT2D eigenvalue weighted by Gasteiger charge is -2.06. The fraction of sp³-hybridized carbons (Fsp3) is 0.100. The first-order valence-electron chi connectivity index (χ1n) is 4.23. The van der Waals surface area contributed by atoms with E-state index < -0.39 is 11.7 Å². The van der Waals surface area contributed by atoms with Crippen LogP contribution in [0.1, 0.15) is 5.56 Å². The van der Waals surface area contributed by atoms with Crippen molar-refractivity contribution in [2.75, 3.05) is 0 Å². The maximum Gasteiger partial charge on any atom is 0.416 e. The lowest BCUT2D eigenvalue weighted by atomic mass is 10.1. The molecular weight excluding hydrogens is 273 g/mol. The van der Waals surface area contributed by atoms with Gasteiger partial charge in [0.2, 0.25) is 0 Å². The Morgan fingerprint density at radius 1 is 1.06 bits per heavy atom. The molecule has 1 heterocycles. The van der Waals surface area contributed by atoms with Crippen LogP contribution in [0.4, 0.5) is 13.2 Å². The average Bonchev–Trinajstić information content (AvgIpc) is 2.64. The fourth-order valence-corrected chi connectivity index (χ4v) is 3.32. The molecule has 0 radical (unpaired) electrons. The molecule has 84 valence electrons. The third-order valence-corrected chi connectivity index (χ3v) is 4.46. The van der Waals surface area contributed by atoms with Gasteiger partial charge in [-0.1, -0.05) is 24.4 Å². The molecule has 6 heteroatoms. The van der Waals surface area contributed by atoms with Gasteiger partial charge in [-0.05, 0) is 17.7 Å². The van der Waals surface area contributed by atoms with E-state index in [4.69, 9.17) is 12.2 Å². The van der Waals surface area contributed by atoms with E-state index in [0.717, 1.165) is 25.7 Å². The van der Waals surface area contributed by atoms with Crippen LogP contribution in [0.15, 0.2) is 29.6 Å². The summed E-state index contributed by atoms with van der Waals surface area (Å²) in [6, 6.07) is 5.11. The topological polar surface area (TPSA) is 0 Å². The van der Waals surface area contributed by atoms with Crippen LogP contribution in [0.25, 0.3) is 10.4 Å². The van der Waals surface area contributed by atoms with E-state index in [1.165, 1.54) is 34.8 Å². The maximum atomic E-state index is 12.3. The molecule has 1 aromatic heterocycles. The van der Waals surface area contributed by atoms with E-state index in [9.17, 15) is 13.2 Å². The van der Waals surface area contributed by atoms with Crippen molar-refractivity contribution >= 4 is 34.9 Å². The largest absolute Gasteiger partial charge is 0.416 e. The number of rotatable bonds is 1. The summed E-state index contributed by atoms with van der Waals surface area (Å²) in [5.74, 6) is 0. The summed E-state index contributed by atoms with van der Waals surface area (Å²) < 4.78 is 37.7. The van der Waals surface area contributed by atoms with E-state index in [1.807, 2.05) is 5.38 Å². The van der Waals surface area contributed by atoms with E-state index in [1.54, 1.807) is 0 Å². The van der Waals surface area contributed by atoms with Gasteiger partial charge in [0.1, 0.15) is 3.14 Å². The highest BCUT2D eigenvalue weighted by atomic mass is 32.2. The Bertz CT molecular complexity index is 533. The monoisotopic (exact) mass is 278 g/mol. The SMILES string of the molecule is FC(F)(F)c1ccc(-c2csc(=S)s2)cc1. The zero-order valence-electron chi connectivity index (χ0n) is 7.75. The first-order valence-corrected chi connectivity index (χ1v) is 6.33. The molecule has 0 nitrogen and oxygen atoms in total. The van der Waals surface area contributed by atoms with E-state index in [2.05, 4.69) is 0 Å². The lowest BCUT2D eigenvalue weighted by Crippen LogP contribution is -2.03. The summed E-state index contributed by atoms with van der Waals surface area (Å²) in [6.07, 6.45) is -4.28. The molecule has 0 aliphatic heterocycles. The standard InChI is InChI=1S/C10H5F3S3/c11-10(12,13)7-3-1-6(2-4-7)8-5-15-9(14)16-8/h1-5H. The van der Waals surface area contributed by atoms with Crippen molar-refractivity contribution in [1.29, 1.82) is 0 Å². The average molecular weight is 278 g/mol. The van der Waals surface area contributed by atoms with Crippen LogP contribution in [0, 0.1) is 3.14 Å². The molecule has 0 atom stereocenters. The van der Waals surface area contributed by atoms with Crippen LogP contribution in [-0.4, -0.2) is 0 Å². The van der Waals surface area contributed by atoms with Crippen LogP contribution in [0.5, 0.6) is 0 Å². The van der Waals surface area contributed by atoms with Gasteiger partial charge < -0.3 is 0 Å². The molecule has 0 aliphatic rings. The van der Waals surface area contributed by atoms with Crippen molar-refractivity contribution in [3.8, 4) is 10.4 Å². The molecular formula is C10H5F3S3. The number of alkyl halides is 3. The highest BCUT2D eigenvalue weighted by Crippen LogP contribution is 2.33. The zero-order valence-corrected chi connectivity index (χ0v) is 10.2. The Hall–Kier alpha value is -0.720. The van der Waals surface area contributed by atoms with E-state index >= 15 is 0 Å². The predicted octanol–water partition coefficient (Wildman–Crippen LogP) is 5.22. The molecule has 0 saturated carbocycles. The summed E-state index contributed by atoms with van der Waals surface area (Å²) in [6.45, 7) is 0. The van der Waals surface area contributed by atoms with Crippen molar-refractivity contribution in [2.24, 2.45) is 0 Å². The molecule has 0 spiro atoms. The van der Waals surface area contributed by atoms with Crippen LogP contribution < -0.4 is 0 Å². The fourth-order valence-electron chi connectivity index (χ4n) is 1.19. The van der Waals surface area contributed by atoms with Crippen molar-refractivity contribution in [3.05, 3.63) is 38.3 Å². The lowest BCUT2D eigenvalue weighted by molar-refractivity contribution is -0.137. The number of hydrogen-bond acceptors (Lipinski definition) is 3. The highest BCUT2D eigenvalue weighted by molar-refractivity contribution is 7.76. The Labute approximate surface area is 103 Å². The van der Waals surface area contributed by atoms with Crippen LogP contribution in [0.2, 0.25) is 0 Å². The van der Waals surface area contributed by atoms with Crippen LogP contribution in [0.3, 0.4) is 0 Å². The molecule has 0 fully saturated rings. The van der Waals surface area contributed by atoms with Gasteiger partial charge in [-0.3, -0.25) is 0 Å². The molecule has 0 amide bonds. The first kappa shape index (κ1) is 11.8. The summed E-state index contributed by atoms with van der Waals surface area (Å²) in [5.41, 5.74) is 0.139. The highest BCUT2D eigenvalue weighted by Gasteiger charge is 2.29. The Morgan fingerprint density at radius 2 is 1.69 bits per heavy atom. The second-order valence-corrected chi connectivity index (χ2v) is 6.14. The molecule has 0 unspecified atom stereocenters. The molecule has 2 rings (SSSR count). The quantitative estimate of drug-likeness (QED) is 0.644. The maximum absolute atomic E-state index is 12.3. The van der Waals surface area contributed by atoms with Crippen LogP contribution >= 0.6 is 34.9 Å². The molecule has 0 saturated heterocycles. The molecule has 1 aromatic carbocycles. The molecule has 0 N–H and O–H groups in total. The minimum Gasteiger partial charge on any atom is -0.166 e. The van der Waals surface area contributed by atoms with Crippen molar-refractivity contribution in [3.63, 3.8) is 0 Å². The van der Waals surface area contributed by atoms with Crippen LogP contribution in [-0.2, 0) is 6.18 Å². The van der Waals surface area contributed by atoms with Gasteiger partial charge in [0.25, 0.3) is 0 Å². The number of benzene rings is 1. The molecule has 0 bridgehead atoms. The van der Waals surface area contributed by atoms with Gasteiger partial charge in [0.05, 0.1) is 5.56 Å². The normalized spacial score (nSPS) is 11.7. The smallest absolute Gasteiger partial charge is 0.166 e. The van der Waals surface area contributed by atoms with Crippen molar-refractivity contribution < 1.29 is 13.2 Å². The van der Waals surface area contributed by atoms with Crippen molar-refractivity contribution in [2.45, 2.75) is 6.18 Å². The van der Waals surface area contributed by atoms with Gasteiger partial charge >= 0.3 is 6.18 Å². The molecule has 2 aromatic rings. The Morgan fingerprint density at radius 3 is 2.12 bits per heavy atom. The minimum atomic E-state index is -4.28. The first-order chi connectivity index (χ1) is 7.47. The second kappa shape index (κ2) is 4.27. The number of halogens is 3. The van der Waals surface area contributed by atoms with Gasteiger partial charge in [0, 0.05) is 10.3 Å². The summed E-state index contributed by atoms with van der Waals surface area (Å²) in [5, 5.41) is 1.86. The summed E-state index contributed by atoms with van der Waals surface area (Å²) in [7, 11) is 0. The number of hydrogen-bond donors (Lipinski definition) is 0. The van der Waals surface area contributed by atoms with Gasteiger partial charge in [-0.25, -0.2) is 0 Å².